The average molecular weight is 477 g/mol. The van der Waals surface area contributed by atoms with E-state index >= 15 is 0 Å². The van der Waals surface area contributed by atoms with Gasteiger partial charge in [-0.05, 0) is 43.7 Å². The summed E-state index contributed by atoms with van der Waals surface area (Å²) in [6, 6.07) is 16.7. The normalized spacial score (nSPS) is 11.7. The predicted octanol–water partition coefficient (Wildman–Crippen LogP) is 4.84. The molecule has 0 fully saturated rings. The third-order valence-electron chi connectivity index (χ3n) is 4.21. The maximum atomic E-state index is 12.6. The van der Waals surface area contributed by atoms with Gasteiger partial charge in [-0.2, -0.15) is 5.10 Å². The molecule has 1 atom stereocenters. The van der Waals surface area contributed by atoms with Gasteiger partial charge in [-0.15, -0.1) is 0 Å². The second-order valence-corrected chi connectivity index (χ2v) is 7.71. The molecular formula is C21H19BrClN3O3. The molecule has 1 N–H and O–H groups in total. The molecule has 1 heterocycles. The highest BCUT2D eigenvalue weighted by atomic mass is 79.9. The molecule has 1 amide bonds. The molecule has 0 saturated carbocycles. The minimum atomic E-state index is -1.00. The Labute approximate surface area is 181 Å². The first kappa shape index (κ1) is 21.1. The zero-order valence-electron chi connectivity index (χ0n) is 15.9. The number of carbonyl (C=O) groups excluding carboxylic acids is 2. The minimum absolute atomic E-state index is 0.158. The molecule has 1 aromatic heterocycles. The summed E-state index contributed by atoms with van der Waals surface area (Å²) in [5.74, 6) is -1.13. The fraction of sp³-hybridized carbons (Fsp3) is 0.190. The fourth-order valence-corrected chi connectivity index (χ4v) is 3.27. The molecule has 8 heteroatoms. The Morgan fingerprint density at radius 1 is 1.17 bits per heavy atom. The van der Waals surface area contributed by atoms with Crippen LogP contribution >= 0.6 is 27.5 Å². The zero-order chi connectivity index (χ0) is 21.0. The quantitative estimate of drug-likeness (QED) is 0.517. The number of aryl methyl sites for hydroxylation is 1. The van der Waals surface area contributed by atoms with Crippen molar-refractivity contribution in [3.8, 4) is 0 Å². The summed E-state index contributed by atoms with van der Waals surface area (Å²) < 4.78 is 7.75. The number of nitrogens with zero attached hydrogens (tertiary/aromatic N) is 2. The number of rotatable bonds is 6. The maximum absolute atomic E-state index is 12.6. The highest BCUT2D eigenvalue weighted by Gasteiger charge is 2.25. The highest BCUT2D eigenvalue weighted by Crippen LogP contribution is 2.23. The van der Waals surface area contributed by atoms with Crippen LogP contribution in [-0.2, 0) is 16.1 Å². The lowest BCUT2D eigenvalue weighted by molar-refractivity contribution is -0.123. The summed E-state index contributed by atoms with van der Waals surface area (Å²) in [6.45, 7) is 3.60. The summed E-state index contributed by atoms with van der Waals surface area (Å²) in [6.07, 6.45) is -1.00. The Kier molecular flexibility index (Phi) is 6.71. The molecule has 150 valence electrons. The van der Waals surface area contributed by atoms with E-state index in [0.29, 0.717) is 17.9 Å². The molecule has 6 nitrogen and oxygen atoms in total. The molecule has 3 rings (SSSR count). The number of ether oxygens (including phenoxy) is 1. The van der Waals surface area contributed by atoms with Gasteiger partial charge in [-0.3, -0.25) is 4.79 Å². The van der Waals surface area contributed by atoms with E-state index in [9.17, 15) is 9.59 Å². The van der Waals surface area contributed by atoms with Gasteiger partial charge in [0.15, 0.2) is 6.10 Å². The van der Waals surface area contributed by atoms with Crippen LogP contribution in [0, 0.1) is 6.92 Å². The van der Waals surface area contributed by atoms with Crippen LogP contribution in [0.25, 0.3) is 0 Å². The maximum Gasteiger partial charge on any atom is 0.343 e. The molecule has 0 saturated heterocycles. The molecule has 0 aliphatic rings. The lowest BCUT2D eigenvalue weighted by atomic mass is 10.2. The SMILES string of the molecule is Cc1nn(Cc2ccccc2)c(Cl)c1C(=O)OC(C)C(=O)Nc1ccc(Br)cc1. The molecule has 29 heavy (non-hydrogen) atoms. The van der Waals surface area contributed by atoms with Crippen LogP contribution in [0.15, 0.2) is 59.1 Å². The van der Waals surface area contributed by atoms with Crippen LogP contribution in [0.1, 0.15) is 28.5 Å². The van der Waals surface area contributed by atoms with E-state index in [4.69, 9.17) is 16.3 Å². The van der Waals surface area contributed by atoms with Gasteiger partial charge in [-0.1, -0.05) is 57.9 Å². The Balaban J connectivity index is 1.68. The molecule has 0 aliphatic carbocycles. The van der Waals surface area contributed by atoms with E-state index in [1.807, 2.05) is 30.3 Å². The smallest absolute Gasteiger partial charge is 0.343 e. The monoisotopic (exact) mass is 475 g/mol. The highest BCUT2D eigenvalue weighted by molar-refractivity contribution is 9.10. The number of hydrogen-bond donors (Lipinski definition) is 1. The van der Waals surface area contributed by atoms with E-state index in [0.717, 1.165) is 10.0 Å². The van der Waals surface area contributed by atoms with Gasteiger partial charge < -0.3 is 10.1 Å². The van der Waals surface area contributed by atoms with Crippen LogP contribution < -0.4 is 5.32 Å². The molecule has 0 radical (unpaired) electrons. The number of nitrogens with one attached hydrogen (secondary N) is 1. The summed E-state index contributed by atoms with van der Waals surface area (Å²) in [5.41, 5.74) is 2.20. The van der Waals surface area contributed by atoms with E-state index in [1.165, 1.54) is 11.6 Å². The largest absolute Gasteiger partial charge is 0.449 e. The summed E-state index contributed by atoms with van der Waals surface area (Å²) in [7, 11) is 0. The number of anilines is 1. The van der Waals surface area contributed by atoms with Crippen LogP contribution in [0.5, 0.6) is 0 Å². The number of halogens is 2. The second kappa shape index (κ2) is 9.24. The number of carbonyl (C=O) groups is 2. The van der Waals surface area contributed by atoms with Crippen LogP contribution in [0.3, 0.4) is 0 Å². The number of aromatic nitrogens is 2. The van der Waals surface area contributed by atoms with E-state index in [-0.39, 0.29) is 10.7 Å². The van der Waals surface area contributed by atoms with Crippen LogP contribution in [0.2, 0.25) is 5.15 Å². The Morgan fingerprint density at radius 2 is 1.83 bits per heavy atom. The third-order valence-corrected chi connectivity index (χ3v) is 5.12. The Hall–Kier alpha value is -2.64. The summed E-state index contributed by atoms with van der Waals surface area (Å²) in [4.78, 5) is 24.9. The van der Waals surface area contributed by atoms with E-state index in [1.54, 1.807) is 31.2 Å². The molecule has 0 spiro atoms. The van der Waals surface area contributed by atoms with Gasteiger partial charge in [0.05, 0.1) is 12.2 Å². The van der Waals surface area contributed by atoms with Crippen molar-refractivity contribution in [2.24, 2.45) is 0 Å². The molecule has 1 unspecified atom stereocenters. The lowest BCUT2D eigenvalue weighted by Gasteiger charge is -2.13. The molecule has 0 bridgehead atoms. The van der Waals surface area contributed by atoms with Crippen molar-refractivity contribution < 1.29 is 14.3 Å². The predicted molar refractivity (Wildman–Crippen MR) is 115 cm³/mol. The van der Waals surface area contributed by atoms with Crippen LogP contribution in [-0.4, -0.2) is 27.8 Å². The third kappa shape index (κ3) is 5.25. The molecular weight excluding hydrogens is 458 g/mol. The second-order valence-electron chi connectivity index (χ2n) is 6.44. The number of esters is 1. The van der Waals surface area contributed by atoms with Gasteiger partial charge in [-0.25, -0.2) is 9.48 Å². The molecule has 2 aromatic carbocycles. The lowest BCUT2D eigenvalue weighted by Crippen LogP contribution is -2.30. The van der Waals surface area contributed by atoms with Gasteiger partial charge in [0.2, 0.25) is 0 Å². The minimum Gasteiger partial charge on any atom is -0.449 e. The molecule has 3 aromatic rings. The summed E-state index contributed by atoms with van der Waals surface area (Å²) in [5, 5.41) is 7.21. The van der Waals surface area contributed by atoms with Gasteiger partial charge in [0.25, 0.3) is 5.91 Å². The van der Waals surface area contributed by atoms with Crippen molar-refractivity contribution in [2.75, 3.05) is 5.32 Å². The Morgan fingerprint density at radius 3 is 2.48 bits per heavy atom. The fourth-order valence-electron chi connectivity index (χ4n) is 2.70. The first-order valence-corrected chi connectivity index (χ1v) is 10.1. The summed E-state index contributed by atoms with van der Waals surface area (Å²) >= 11 is 9.71. The van der Waals surface area contributed by atoms with E-state index < -0.39 is 18.0 Å². The van der Waals surface area contributed by atoms with Crippen molar-refractivity contribution in [3.63, 3.8) is 0 Å². The van der Waals surface area contributed by atoms with Gasteiger partial charge in [0.1, 0.15) is 10.7 Å². The van der Waals surface area contributed by atoms with Gasteiger partial charge >= 0.3 is 5.97 Å². The average Bonchev–Trinajstić information content (AvgIpc) is 2.97. The van der Waals surface area contributed by atoms with Gasteiger partial charge in [0, 0.05) is 10.2 Å². The van der Waals surface area contributed by atoms with Crippen molar-refractivity contribution in [3.05, 3.63) is 81.0 Å². The first-order chi connectivity index (χ1) is 13.8. The number of amides is 1. The first-order valence-electron chi connectivity index (χ1n) is 8.89. The number of hydrogen-bond acceptors (Lipinski definition) is 4. The zero-order valence-corrected chi connectivity index (χ0v) is 18.2. The van der Waals surface area contributed by atoms with Crippen molar-refractivity contribution in [1.29, 1.82) is 0 Å². The van der Waals surface area contributed by atoms with Crippen LogP contribution in [0.4, 0.5) is 5.69 Å². The van der Waals surface area contributed by atoms with Crippen molar-refractivity contribution in [2.45, 2.75) is 26.5 Å². The van der Waals surface area contributed by atoms with E-state index in [2.05, 4.69) is 26.3 Å². The van der Waals surface area contributed by atoms with Crippen molar-refractivity contribution in [1.82, 2.24) is 9.78 Å². The topological polar surface area (TPSA) is 73.2 Å². The van der Waals surface area contributed by atoms with Crippen molar-refractivity contribution >= 4 is 45.1 Å². The molecule has 0 aliphatic heterocycles. The number of benzene rings is 2. The standard InChI is InChI=1S/C21H19BrClN3O3/c1-13-18(19(23)26(25-13)12-15-6-4-3-5-7-15)21(28)29-14(2)20(27)24-17-10-8-16(22)9-11-17/h3-11,14H,12H2,1-2H3,(H,24,27). The Bertz CT molecular complexity index is 1020.